The van der Waals surface area contributed by atoms with E-state index in [2.05, 4.69) is 10.1 Å². The second kappa shape index (κ2) is 5.50. The van der Waals surface area contributed by atoms with Crippen LogP contribution in [0.2, 0.25) is 0 Å². The van der Waals surface area contributed by atoms with Crippen molar-refractivity contribution in [3.63, 3.8) is 0 Å². The van der Waals surface area contributed by atoms with E-state index in [1.54, 1.807) is 17.8 Å². The van der Waals surface area contributed by atoms with E-state index in [9.17, 15) is 5.11 Å². The lowest BCUT2D eigenvalue weighted by Crippen LogP contribution is -1.98. The third kappa shape index (κ3) is 2.71. The fourth-order valence-electron chi connectivity index (χ4n) is 2.26. The van der Waals surface area contributed by atoms with Gasteiger partial charge in [0, 0.05) is 18.0 Å². The van der Waals surface area contributed by atoms with Crippen LogP contribution in [0.3, 0.4) is 0 Å². The van der Waals surface area contributed by atoms with Gasteiger partial charge in [0.25, 0.3) is 0 Å². The molecule has 2 heterocycles. The first-order chi connectivity index (χ1) is 10.1. The molecule has 1 N–H and O–H groups in total. The smallest absolute Gasteiger partial charge is 0.153 e. The summed E-state index contributed by atoms with van der Waals surface area (Å²) in [6.07, 6.45) is 3.16. The number of aryl methyl sites for hydroxylation is 1. The highest BCUT2D eigenvalue weighted by atomic mass is 16.3. The van der Waals surface area contributed by atoms with Gasteiger partial charge in [0.05, 0.1) is 11.8 Å². The molecule has 3 aromatic rings. The highest BCUT2D eigenvalue weighted by molar-refractivity contribution is 5.64. The molecule has 106 valence electrons. The Morgan fingerprint density at radius 3 is 2.71 bits per heavy atom. The Morgan fingerprint density at radius 1 is 1.14 bits per heavy atom. The summed E-state index contributed by atoms with van der Waals surface area (Å²) < 4.78 is 1.75. The molecule has 0 aliphatic rings. The number of rotatable bonds is 3. The maximum Gasteiger partial charge on any atom is 0.153 e. The van der Waals surface area contributed by atoms with E-state index >= 15 is 0 Å². The fraction of sp³-hybridized carbons (Fsp3) is 0.176. The molecule has 3 rings (SSSR count). The van der Waals surface area contributed by atoms with Crippen molar-refractivity contribution in [2.24, 2.45) is 0 Å². The van der Waals surface area contributed by atoms with Gasteiger partial charge >= 0.3 is 0 Å². The molecular weight excluding hydrogens is 262 g/mol. The molecule has 0 saturated heterocycles. The molecule has 0 spiro atoms. The molecule has 4 nitrogen and oxygen atoms in total. The summed E-state index contributed by atoms with van der Waals surface area (Å²) in [5.74, 6) is 0.785. The Labute approximate surface area is 123 Å². The second-order valence-electron chi connectivity index (χ2n) is 5.08. The molecule has 2 aromatic heterocycles. The van der Waals surface area contributed by atoms with Crippen molar-refractivity contribution in [2.45, 2.75) is 20.0 Å². The lowest BCUT2D eigenvalue weighted by molar-refractivity contribution is 0.199. The lowest BCUT2D eigenvalue weighted by atomic mass is 10.0. The summed E-state index contributed by atoms with van der Waals surface area (Å²) in [7, 11) is 0. The zero-order valence-corrected chi connectivity index (χ0v) is 12.1. The van der Waals surface area contributed by atoms with Crippen LogP contribution in [-0.2, 0) is 0 Å². The van der Waals surface area contributed by atoms with Crippen molar-refractivity contribution in [1.29, 1.82) is 0 Å². The Balaban J connectivity index is 2.02. The SMILES string of the molecule is Cc1ccc(C(C)O)cc1-c1ccn(-c2ccccn2)n1. The normalized spacial score (nSPS) is 12.3. The highest BCUT2D eigenvalue weighted by Crippen LogP contribution is 2.26. The van der Waals surface area contributed by atoms with Gasteiger partial charge in [0.2, 0.25) is 0 Å². The number of aliphatic hydroxyl groups excluding tert-OH is 1. The molecular formula is C17H17N3O. The van der Waals surface area contributed by atoms with Gasteiger partial charge in [-0.05, 0) is 49.2 Å². The molecule has 1 unspecified atom stereocenters. The average Bonchev–Trinajstić information content (AvgIpc) is 2.98. The highest BCUT2D eigenvalue weighted by Gasteiger charge is 2.10. The van der Waals surface area contributed by atoms with Crippen LogP contribution in [0.25, 0.3) is 17.1 Å². The standard InChI is InChI=1S/C17H17N3O/c1-12-6-7-14(13(2)21)11-15(12)16-8-10-20(19-16)17-5-3-4-9-18-17/h3-11,13,21H,1-2H3. The zero-order chi connectivity index (χ0) is 14.8. The average molecular weight is 279 g/mol. The van der Waals surface area contributed by atoms with Crippen molar-refractivity contribution < 1.29 is 5.11 Å². The first kappa shape index (κ1) is 13.5. The van der Waals surface area contributed by atoms with Gasteiger partial charge < -0.3 is 5.11 Å². The first-order valence-corrected chi connectivity index (χ1v) is 6.91. The van der Waals surface area contributed by atoms with Gasteiger partial charge in [-0.1, -0.05) is 18.2 Å². The summed E-state index contributed by atoms with van der Waals surface area (Å²) in [6, 6.07) is 13.6. The predicted molar refractivity (Wildman–Crippen MR) is 82.2 cm³/mol. The molecule has 0 bridgehead atoms. The van der Waals surface area contributed by atoms with Gasteiger partial charge in [-0.15, -0.1) is 0 Å². The van der Waals surface area contributed by atoms with Gasteiger partial charge in [-0.3, -0.25) is 0 Å². The van der Waals surface area contributed by atoms with E-state index in [1.807, 2.05) is 55.6 Å². The Kier molecular flexibility index (Phi) is 3.54. The number of aromatic nitrogens is 3. The zero-order valence-electron chi connectivity index (χ0n) is 12.1. The van der Waals surface area contributed by atoms with Crippen LogP contribution in [0, 0.1) is 6.92 Å². The summed E-state index contributed by atoms with van der Waals surface area (Å²) in [5, 5.41) is 14.3. The number of nitrogens with zero attached hydrogens (tertiary/aromatic N) is 3. The van der Waals surface area contributed by atoms with E-state index in [0.717, 1.165) is 28.2 Å². The molecule has 21 heavy (non-hydrogen) atoms. The summed E-state index contributed by atoms with van der Waals surface area (Å²) in [5.41, 5.74) is 3.93. The van der Waals surface area contributed by atoms with Crippen molar-refractivity contribution in [3.05, 3.63) is 66.0 Å². The molecule has 0 fully saturated rings. The number of hydrogen-bond acceptors (Lipinski definition) is 3. The molecule has 0 amide bonds. The molecule has 1 aromatic carbocycles. The van der Waals surface area contributed by atoms with Gasteiger partial charge in [0.15, 0.2) is 5.82 Å². The number of hydrogen-bond donors (Lipinski definition) is 1. The number of benzene rings is 1. The third-order valence-corrected chi connectivity index (χ3v) is 3.49. The van der Waals surface area contributed by atoms with Crippen LogP contribution in [0.4, 0.5) is 0 Å². The van der Waals surface area contributed by atoms with Crippen molar-refractivity contribution in [1.82, 2.24) is 14.8 Å². The van der Waals surface area contributed by atoms with Crippen molar-refractivity contribution in [2.75, 3.05) is 0 Å². The quantitative estimate of drug-likeness (QED) is 0.800. The van der Waals surface area contributed by atoms with E-state index in [-0.39, 0.29) is 0 Å². The van der Waals surface area contributed by atoms with E-state index in [1.165, 1.54) is 0 Å². The fourth-order valence-corrected chi connectivity index (χ4v) is 2.26. The Hall–Kier alpha value is -2.46. The first-order valence-electron chi connectivity index (χ1n) is 6.91. The Morgan fingerprint density at radius 2 is 2.00 bits per heavy atom. The minimum atomic E-state index is -0.484. The number of aliphatic hydroxyl groups is 1. The van der Waals surface area contributed by atoms with Crippen molar-refractivity contribution in [3.8, 4) is 17.1 Å². The van der Waals surface area contributed by atoms with Gasteiger partial charge in [-0.2, -0.15) is 5.10 Å². The lowest BCUT2D eigenvalue weighted by Gasteiger charge is -2.09. The molecule has 0 aliphatic carbocycles. The van der Waals surface area contributed by atoms with Crippen LogP contribution >= 0.6 is 0 Å². The molecule has 1 atom stereocenters. The maximum atomic E-state index is 9.73. The molecule has 0 radical (unpaired) electrons. The summed E-state index contributed by atoms with van der Waals surface area (Å²) >= 11 is 0. The van der Waals surface area contributed by atoms with Crippen LogP contribution in [-0.4, -0.2) is 19.9 Å². The molecule has 0 saturated carbocycles. The second-order valence-corrected chi connectivity index (χ2v) is 5.08. The van der Waals surface area contributed by atoms with Crippen molar-refractivity contribution >= 4 is 0 Å². The van der Waals surface area contributed by atoms with Crippen LogP contribution in [0.1, 0.15) is 24.2 Å². The van der Waals surface area contributed by atoms with E-state index in [4.69, 9.17) is 0 Å². The summed E-state index contributed by atoms with van der Waals surface area (Å²) in [4.78, 5) is 4.28. The van der Waals surface area contributed by atoms with Crippen LogP contribution < -0.4 is 0 Å². The van der Waals surface area contributed by atoms with Crippen LogP contribution in [0.15, 0.2) is 54.9 Å². The predicted octanol–water partition coefficient (Wildman–Crippen LogP) is 3.30. The van der Waals surface area contributed by atoms with Gasteiger partial charge in [-0.25, -0.2) is 9.67 Å². The molecule has 0 aliphatic heterocycles. The topological polar surface area (TPSA) is 50.9 Å². The van der Waals surface area contributed by atoms with E-state index < -0.39 is 6.10 Å². The van der Waals surface area contributed by atoms with E-state index in [0.29, 0.717) is 0 Å². The molecule has 4 heteroatoms. The van der Waals surface area contributed by atoms with Gasteiger partial charge in [0.1, 0.15) is 0 Å². The third-order valence-electron chi connectivity index (χ3n) is 3.49. The monoisotopic (exact) mass is 279 g/mol. The van der Waals surface area contributed by atoms with Crippen LogP contribution in [0.5, 0.6) is 0 Å². The largest absolute Gasteiger partial charge is 0.389 e. The number of pyridine rings is 1. The minimum absolute atomic E-state index is 0.484. The maximum absolute atomic E-state index is 9.73. The summed E-state index contributed by atoms with van der Waals surface area (Å²) in [6.45, 7) is 3.81. The Bertz CT molecular complexity index is 748. The minimum Gasteiger partial charge on any atom is -0.389 e.